The Morgan fingerprint density at radius 3 is 2.74 bits per heavy atom. The van der Waals surface area contributed by atoms with Gasteiger partial charge in [0, 0.05) is 17.8 Å². The molecule has 0 fully saturated rings. The molecule has 0 radical (unpaired) electrons. The second-order valence-electron chi connectivity index (χ2n) is 3.89. The normalized spacial score (nSPS) is 10.4. The molecule has 3 rings (SSSR count). The van der Waals surface area contributed by atoms with Gasteiger partial charge in [-0.1, -0.05) is 41.9 Å². The van der Waals surface area contributed by atoms with E-state index in [0.717, 1.165) is 11.3 Å². The maximum absolute atomic E-state index is 5.83. The van der Waals surface area contributed by atoms with Gasteiger partial charge >= 0.3 is 0 Å². The molecule has 0 aliphatic heterocycles. The number of rotatable bonds is 3. The van der Waals surface area contributed by atoms with Crippen molar-refractivity contribution in [1.29, 1.82) is 0 Å². The minimum absolute atomic E-state index is 0.391. The first-order valence-electron chi connectivity index (χ1n) is 5.71. The van der Waals surface area contributed by atoms with Crippen LogP contribution < -0.4 is 4.74 Å². The predicted molar refractivity (Wildman–Crippen MR) is 73.3 cm³/mol. The van der Waals surface area contributed by atoms with Crippen molar-refractivity contribution in [2.75, 3.05) is 0 Å². The molecule has 0 unspecified atom stereocenters. The van der Waals surface area contributed by atoms with Gasteiger partial charge in [0.2, 0.25) is 0 Å². The number of aromatic nitrogens is 3. The lowest BCUT2D eigenvalue weighted by Crippen LogP contribution is -1.86. The summed E-state index contributed by atoms with van der Waals surface area (Å²) < 4.78 is 5.77. The highest BCUT2D eigenvalue weighted by Gasteiger charge is 2.09. The van der Waals surface area contributed by atoms with Crippen LogP contribution in [0.15, 0.2) is 54.9 Å². The molecule has 0 amide bonds. The summed E-state index contributed by atoms with van der Waals surface area (Å²) in [5, 5.41) is 7.34. The molecule has 2 aromatic heterocycles. The van der Waals surface area contributed by atoms with Crippen molar-refractivity contribution in [3.05, 3.63) is 60.0 Å². The van der Waals surface area contributed by atoms with Crippen LogP contribution >= 0.6 is 11.6 Å². The number of H-pyrrole nitrogens is 1. The van der Waals surface area contributed by atoms with Crippen molar-refractivity contribution < 1.29 is 4.74 Å². The van der Waals surface area contributed by atoms with Gasteiger partial charge < -0.3 is 4.74 Å². The fourth-order valence-electron chi connectivity index (χ4n) is 1.74. The first-order chi connectivity index (χ1) is 9.33. The zero-order valence-electron chi connectivity index (χ0n) is 9.88. The Kier molecular flexibility index (Phi) is 3.16. The van der Waals surface area contributed by atoms with Crippen molar-refractivity contribution in [2.24, 2.45) is 0 Å². The van der Waals surface area contributed by atoms with Gasteiger partial charge in [0.15, 0.2) is 5.75 Å². The summed E-state index contributed by atoms with van der Waals surface area (Å²) in [6.45, 7) is 0. The lowest BCUT2D eigenvalue weighted by molar-refractivity contribution is 0.484. The second-order valence-corrected chi connectivity index (χ2v) is 4.28. The molecular formula is C14H10ClN3O. The summed E-state index contributed by atoms with van der Waals surface area (Å²) in [6, 6.07) is 13.3. The van der Waals surface area contributed by atoms with Crippen LogP contribution in [0.5, 0.6) is 11.5 Å². The van der Waals surface area contributed by atoms with Gasteiger partial charge in [0.05, 0.1) is 6.20 Å². The van der Waals surface area contributed by atoms with E-state index in [1.54, 1.807) is 24.5 Å². The average Bonchev–Trinajstić information content (AvgIpc) is 2.88. The maximum atomic E-state index is 5.83. The molecule has 94 valence electrons. The van der Waals surface area contributed by atoms with Gasteiger partial charge in [-0.2, -0.15) is 5.10 Å². The number of halogens is 1. The van der Waals surface area contributed by atoms with Crippen LogP contribution in [0.1, 0.15) is 0 Å². The van der Waals surface area contributed by atoms with Crippen molar-refractivity contribution in [1.82, 2.24) is 15.2 Å². The third kappa shape index (κ3) is 2.58. The summed E-state index contributed by atoms with van der Waals surface area (Å²) in [7, 11) is 0. The van der Waals surface area contributed by atoms with E-state index in [1.807, 2.05) is 30.3 Å². The highest BCUT2D eigenvalue weighted by atomic mass is 35.5. The van der Waals surface area contributed by atoms with E-state index in [4.69, 9.17) is 16.3 Å². The van der Waals surface area contributed by atoms with Gasteiger partial charge in [-0.15, -0.1) is 0 Å². The zero-order valence-corrected chi connectivity index (χ0v) is 10.6. The van der Waals surface area contributed by atoms with Crippen molar-refractivity contribution in [2.45, 2.75) is 0 Å². The smallest absolute Gasteiger partial charge is 0.172 e. The molecule has 0 spiro atoms. The van der Waals surface area contributed by atoms with Gasteiger partial charge in [-0.3, -0.25) is 5.10 Å². The first kappa shape index (κ1) is 11.7. The van der Waals surface area contributed by atoms with Crippen molar-refractivity contribution >= 4 is 11.6 Å². The lowest BCUT2D eigenvalue weighted by atomic mass is 10.1. The lowest BCUT2D eigenvalue weighted by Gasteiger charge is -2.06. The number of hydrogen-bond acceptors (Lipinski definition) is 3. The van der Waals surface area contributed by atoms with E-state index < -0.39 is 0 Å². The van der Waals surface area contributed by atoms with E-state index in [2.05, 4.69) is 15.2 Å². The molecule has 0 saturated heterocycles. The van der Waals surface area contributed by atoms with Crippen molar-refractivity contribution in [3.8, 4) is 22.8 Å². The fraction of sp³-hybridized carbons (Fsp3) is 0. The Hall–Kier alpha value is -2.33. The quantitative estimate of drug-likeness (QED) is 0.735. The Bertz CT molecular complexity index is 682. The standard InChI is InChI=1S/C14H10ClN3O/c15-13-8-11(6-7-16-13)19-12-9-17-18-14(12)10-4-2-1-3-5-10/h1-9H,(H,17,18). The highest BCUT2D eigenvalue weighted by Crippen LogP contribution is 2.31. The van der Waals surface area contributed by atoms with Gasteiger partial charge in [-0.25, -0.2) is 4.98 Å². The second kappa shape index (κ2) is 5.12. The SMILES string of the molecule is Clc1cc(Oc2cn[nH]c2-c2ccccc2)ccn1. The monoisotopic (exact) mass is 271 g/mol. The summed E-state index contributed by atoms with van der Waals surface area (Å²) in [4.78, 5) is 3.91. The van der Waals surface area contributed by atoms with Crippen LogP contribution in [0.25, 0.3) is 11.3 Å². The molecule has 2 heterocycles. The van der Waals surface area contributed by atoms with Crippen LogP contribution in [0.2, 0.25) is 5.15 Å². The fourth-order valence-corrected chi connectivity index (χ4v) is 1.90. The summed E-state index contributed by atoms with van der Waals surface area (Å²) in [6.07, 6.45) is 3.23. The molecule has 3 aromatic rings. The number of benzene rings is 1. The molecule has 1 N–H and O–H groups in total. The number of nitrogens with zero attached hydrogens (tertiary/aromatic N) is 2. The van der Waals surface area contributed by atoms with Crippen LogP contribution in [0, 0.1) is 0 Å². The first-order valence-corrected chi connectivity index (χ1v) is 6.09. The maximum Gasteiger partial charge on any atom is 0.172 e. The zero-order chi connectivity index (χ0) is 13.1. The van der Waals surface area contributed by atoms with Gasteiger partial charge in [0.25, 0.3) is 0 Å². The van der Waals surface area contributed by atoms with Crippen molar-refractivity contribution in [3.63, 3.8) is 0 Å². The predicted octanol–water partition coefficient (Wildman–Crippen LogP) is 3.92. The van der Waals surface area contributed by atoms with Crippen LogP contribution in [0.3, 0.4) is 0 Å². The Morgan fingerprint density at radius 2 is 1.95 bits per heavy atom. The topological polar surface area (TPSA) is 50.8 Å². The summed E-state index contributed by atoms with van der Waals surface area (Å²) in [5.41, 5.74) is 1.84. The molecule has 19 heavy (non-hydrogen) atoms. The molecule has 0 aliphatic carbocycles. The Morgan fingerprint density at radius 1 is 1.11 bits per heavy atom. The minimum Gasteiger partial charge on any atom is -0.453 e. The molecule has 0 saturated carbocycles. The Labute approximate surface area is 115 Å². The van der Waals surface area contributed by atoms with E-state index in [-0.39, 0.29) is 0 Å². The Balaban J connectivity index is 1.93. The molecule has 0 bridgehead atoms. The molecular weight excluding hydrogens is 262 g/mol. The molecule has 0 aliphatic rings. The highest BCUT2D eigenvalue weighted by molar-refractivity contribution is 6.29. The third-order valence-electron chi connectivity index (χ3n) is 2.59. The molecule has 0 atom stereocenters. The third-order valence-corrected chi connectivity index (χ3v) is 2.80. The van der Waals surface area contributed by atoms with E-state index in [9.17, 15) is 0 Å². The number of ether oxygens (including phenoxy) is 1. The summed E-state index contributed by atoms with van der Waals surface area (Å²) >= 11 is 5.83. The van der Waals surface area contributed by atoms with Gasteiger partial charge in [0.1, 0.15) is 16.6 Å². The van der Waals surface area contributed by atoms with E-state index in [0.29, 0.717) is 16.7 Å². The summed E-state index contributed by atoms with van der Waals surface area (Å²) in [5.74, 6) is 1.27. The van der Waals surface area contributed by atoms with Crippen LogP contribution in [-0.2, 0) is 0 Å². The van der Waals surface area contributed by atoms with Gasteiger partial charge in [-0.05, 0) is 6.07 Å². The van der Waals surface area contributed by atoms with E-state index in [1.165, 1.54) is 0 Å². The van der Waals surface area contributed by atoms with E-state index >= 15 is 0 Å². The molecule has 1 aromatic carbocycles. The number of pyridine rings is 1. The number of hydrogen-bond donors (Lipinski definition) is 1. The average molecular weight is 272 g/mol. The largest absolute Gasteiger partial charge is 0.453 e. The minimum atomic E-state index is 0.391. The van der Waals surface area contributed by atoms with Crippen LogP contribution in [-0.4, -0.2) is 15.2 Å². The molecule has 5 heteroatoms. The molecule has 4 nitrogen and oxygen atoms in total. The number of nitrogens with one attached hydrogen (secondary N) is 1. The number of aromatic amines is 1. The van der Waals surface area contributed by atoms with Crippen LogP contribution in [0.4, 0.5) is 0 Å².